The van der Waals surface area contributed by atoms with Crippen LogP contribution in [0.1, 0.15) is 52.9 Å². The van der Waals surface area contributed by atoms with Gasteiger partial charge in [0, 0.05) is 11.3 Å². The lowest BCUT2D eigenvalue weighted by molar-refractivity contribution is -0.188. The number of halogens is 1. The summed E-state index contributed by atoms with van der Waals surface area (Å²) in [7, 11) is 0. The minimum Gasteiger partial charge on any atom is -0.390 e. The Labute approximate surface area is 137 Å². The summed E-state index contributed by atoms with van der Waals surface area (Å²) in [5, 5.41) is 10.9. The average molecular weight is 318 g/mol. The quantitative estimate of drug-likeness (QED) is 0.733. The fourth-order valence-corrected chi connectivity index (χ4v) is 6.65. The first-order valence-corrected chi connectivity index (χ1v) is 9.02. The van der Waals surface area contributed by atoms with Crippen molar-refractivity contribution in [1.29, 1.82) is 0 Å². The van der Waals surface area contributed by atoms with Crippen LogP contribution in [0.5, 0.6) is 0 Å². The van der Waals surface area contributed by atoms with E-state index < -0.39 is 17.2 Å². The van der Waals surface area contributed by atoms with Gasteiger partial charge in [0.25, 0.3) is 0 Å². The number of aliphatic hydroxyl groups excluding tert-OH is 1. The van der Waals surface area contributed by atoms with Crippen molar-refractivity contribution in [2.24, 2.45) is 28.6 Å². The summed E-state index contributed by atoms with van der Waals surface area (Å²) < 4.78 is 16.5. The summed E-state index contributed by atoms with van der Waals surface area (Å²) in [6.45, 7) is 6.39. The Morgan fingerprint density at radius 3 is 2.74 bits per heavy atom. The third kappa shape index (κ3) is 1.80. The van der Waals surface area contributed by atoms with E-state index in [2.05, 4.69) is 13.8 Å². The van der Waals surface area contributed by atoms with Gasteiger partial charge in [-0.25, -0.2) is 4.39 Å². The van der Waals surface area contributed by atoms with Crippen molar-refractivity contribution in [2.75, 3.05) is 0 Å². The number of aliphatic hydroxyl groups is 1. The maximum atomic E-state index is 16.5. The highest BCUT2D eigenvalue weighted by Gasteiger charge is 2.69. The molecule has 0 saturated heterocycles. The minimum absolute atomic E-state index is 0.0517. The van der Waals surface area contributed by atoms with Crippen LogP contribution in [0.25, 0.3) is 0 Å². The van der Waals surface area contributed by atoms with Crippen molar-refractivity contribution in [3.05, 3.63) is 23.8 Å². The average Bonchev–Trinajstić information content (AvgIpc) is 2.76. The van der Waals surface area contributed by atoms with E-state index in [9.17, 15) is 9.90 Å². The van der Waals surface area contributed by atoms with Crippen LogP contribution in [0.2, 0.25) is 0 Å². The summed E-state index contributed by atoms with van der Waals surface area (Å²) in [5.74, 6) is 0.786. The van der Waals surface area contributed by atoms with Gasteiger partial charge in [-0.15, -0.1) is 0 Å². The summed E-state index contributed by atoms with van der Waals surface area (Å²) in [6.07, 6.45) is 8.11. The van der Waals surface area contributed by atoms with Gasteiger partial charge in [-0.2, -0.15) is 0 Å². The number of hydrogen-bond donors (Lipinski definition) is 1. The van der Waals surface area contributed by atoms with Crippen molar-refractivity contribution < 1.29 is 14.3 Å². The van der Waals surface area contributed by atoms with E-state index >= 15 is 4.39 Å². The Balaban J connectivity index is 1.82. The molecular formula is C20H27FO2. The Kier molecular flexibility index (Phi) is 3.09. The van der Waals surface area contributed by atoms with Crippen LogP contribution >= 0.6 is 0 Å². The maximum absolute atomic E-state index is 16.5. The molecule has 3 heteroatoms. The lowest BCUT2D eigenvalue weighted by Gasteiger charge is -2.61. The summed E-state index contributed by atoms with van der Waals surface area (Å²) >= 11 is 0. The zero-order chi connectivity index (χ0) is 16.6. The maximum Gasteiger partial charge on any atom is 0.178 e. The number of carbonyl (C=O) groups excluding carboxylic acids is 1. The van der Waals surface area contributed by atoms with Crippen LogP contribution in [0.15, 0.2) is 23.8 Å². The van der Waals surface area contributed by atoms with Gasteiger partial charge >= 0.3 is 0 Å². The predicted molar refractivity (Wildman–Crippen MR) is 87.5 cm³/mol. The van der Waals surface area contributed by atoms with E-state index in [1.165, 1.54) is 6.08 Å². The first-order valence-electron chi connectivity index (χ1n) is 9.02. The molecule has 23 heavy (non-hydrogen) atoms. The topological polar surface area (TPSA) is 37.3 Å². The van der Waals surface area contributed by atoms with Gasteiger partial charge in [-0.3, -0.25) is 4.79 Å². The number of carbonyl (C=O) groups is 1. The molecule has 3 saturated carbocycles. The van der Waals surface area contributed by atoms with Gasteiger partial charge in [0.1, 0.15) is 0 Å². The second-order valence-electron chi connectivity index (χ2n) is 9.05. The molecule has 0 unspecified atom stereocenters. The molecule has 0 heterocycles. The molecule has 1 N–H and O–H groups in total. The minimum atomic E-state index is -1.65. The number of hydrogen-bond acceptors (Lipinski definition) is 2. The Morgan fingerprint density at radius 1 is 1.26 bits per heavy atom. The number of rotatable bonds is 0. The molecule has 4 aliphatic rings. The molecule has 4 aliphatic carbocycles. The van der Waals surface area contributed by atoms with Crippen LogP contribution < -0.4 is 0 Å². The molecule has 0 aromatic rings. The molecule has 2 nitrogen and oxygen atoms in total. The second kappa shape index (κ2) is 4.56. The molecular weight excluding hydrogens is 291 g/mol. The van der Waals surface area contributed by atoms with E-state index in [0.717, 1.165) is 31.3 Å². The van der Waals surface area contributed by atoms with Gasteiger partial charge in [-0.1, -0.05) is 25.5 Å². The molecule has 126 valence electrons. The SMILES string of the molecule is C[C@@H]1C[C@H]2[C@@H]3CCC4=CC(=O)C=C[C@]4(C)[C@@]3(F)[C@@H](O)C[C@]2(C)C1. The highest BCUT2D eigenvalue weighted by molar-refractivity contribution is 6.01. The second-order valence-corrected chi connectivity index (χ2v) is 9.05. The van der Waals surface area contributed by atoms with Crippen molar-refractivity contribution in [2.45, 2.75) is 64.6 Å². The van der Waals surface area contributed by atoms with Gasteiger partial charge in [-0.05, 0) is 68.4 Å². The van der Waals surface area contributed by atoms with Crippen molar-refractivity contribution in [3.63, 3.8) is 0 Å². The molecule has 0 amide bonds. The largest absolute Gasteiger partial charge is 0.390 e. The third-order valence-electron chi connectivity index (χ3n) is 7.62. The molecule has 7 atom stereocenters. The smallest absolute Gasteiger partial charge is 0.178 e. The first kappa shape index (κ1) is 15.6. The Bertz CT molecular complexity index is 623. The lowest BCUT2D eigenvalue weighted by Crippen LogP contribution is -2.66. The summed E-state index contributed by atoms with van der Waals surface area (Å²) in [4.78, 5) is 11.7. The third-order valence-corrected chi connectivity index (χ3v) is 7.62. The molecule has 0 aromatic carbocycles. The van der Waals surface area contributed by atoms with E-state index in [-0.39, 0.29) is 17.1 Å². The molecule has 0 aromatic heterocycles. The van der Waals surface area contributed by atoms with E-state index in [4.69, 9.17) is 0 Å². The Morgan fingerprint density at radius 2 is 2.00 bits per heavy atom. The van der Waals surface area contributed by atoms with Crippen molar-refractivity contribution in [3.8, 4) is 0 Å². The van der Waals surface area contributed by atoms with Crippen LogP contribution in [-0.2, 0) is 4.79 Å². The fraction of sp³-hybridized carbons (Fsp3) is 0.750. The molecule has 0 spiro atoms. The first-order chi connectivity index (χ1) is 10.7. The number of allylic oxidation sites excluding steroid dienone is 4. The van der Waals surface area contributed by atoms with E-state index in [1.54, 1.807) is 12.2 Å². The van der Waals surface area contributed by atoms with Gasteiger partial charge < -0.3 is 5.11 Å². The number of alkyl halides is 1. The fourth-order valence-electron chi connectivity index (χ4n) is 6.65. The molecule has 3 fully saturated rings. The van der Waals surface area contributed by atoms with Crippen LogP contribution in [0.4, 0.5) is 4.39 Å². The normalized spacial score (nSPS) is 55.0. The van der Waals surface area contributed by atoms with Crippen LogP contribution in [0.3, 0.4) is 0 Å². The van der Waals surface area contributed by atoms with Crippen LogP contribution in [0, 0.1) is 28.6 Å². The van der Waals surface area contributed by atoms with Gasteiger partial charge in [0.05, 0.1) is 6.10 Å². The van der Waals surface area contributed by atoms with Crippen molar-refractivity contribution >= 4 is 5.78 Å². The van der Waals surface area contributed by atoms with E-state index in [0.29, 0.717) is 18.3 Å². The monoisotopic (exact) mass is 318 g/mol. The standard InChI is InChI=1S/C20H27FO2/c1-12-8-16-15-5-4-13-9-14(22)6-7-19(13,3)20(15,21)17(23)11-18(16,2)10-12/h6-7,9,12,15-17,23H,4-5,8,10-11H2,1-3H3/t12-,15+,16+,17+,18+,19+,20+/m1/s1. The molecule has 0 radical (unpaired) electrons. The van der Waals surface area contributed by atoms with Crippen molar-refractivity contribution in [1.82, 2.24) is 0 Å². The molecule has 4 rings (SSSR count). The zero-order valence-corrected chi connectivity index (χ0v) is 14.3. The predicted octanol–water partition coefficient (Wildman–Crippen LogP) is 3.99. The highest BCUT2D eigenvalue weighted by atomic mass is 19.1. The zero-order valence-electron chi connectivity index (χ0n) is 14.3. The number of ketones is 1. The Hall–Kier alpha value is -0.960. The molecule has 0 aliphatic heterocycles. The van der Waals surface area contributed by atoms with Gasteiger partial charge in [0.15, 0.2) is 11.5 Å². The summed E-state index contributed by atoms with van der Waals surface area (Å²) in [6, 6.07) is 0. The highest BCUT2D eigenvalue weighted by Crippen LogP contribution is 2.68. The van der Waals surface area contributed by atoms with E-state index in [1.807, 2.05) is 6.92 Å². The lowest BCUT2D eigenvalue weighted by atomic mass is 9.46. The number of fused-ring (bicyclic) bond motifs is 5. The van der Waals surface area contributed by atoms with Gasteiger partial charge in [0.2, 0.25) is 0 Å². The van der Waals surface area contributed by atoms with Crippen LogP contribution in [-0.4, -0.2) is 22.7 Å². The summed E-state index contributed by atoms with van der Waals surface area (Å²) in [5.41, 5.74) is -1.55. The molecule has 0 bridgehead atoms.